The van der Waals surface area contributed by atoms with Crippen LogP contribution in [0.2, 0.25) is 0 Å². The van der Waals surface area contributed by atoms with Crippen LogP contribution in [0.15, 0.2) is 24.3 Å². The van der Waals surface area contributed by atoms with E-state index in [1.165, 1.54) is 0 Å². The number of aromatic nitrogens is 1. The number of aliphatic hydroxyl groups excluding tert-OH is 1. The largest absolute Gasteiger partial charge is 0.391 e. The second kappa shape index (κ2) is 8.74. The molecule has 4 atom stereocenters. The van der Waals surface area contributed by atoms with Crippen LogP contribution < -0.4 is 10.6 Å². The molecular weight excluding hydrogens is 385 g/mol. The van der Waals surface area contributed by atoms with Crippen LogP contribution in [0.3, 0.4) is 0 Å². The van der Waals surface area contributed by atoms with Crippen molar-refractivity contribution in [2.75, 3.05) is 13.1 Å². The van der Waals surface area contributed by atoms with Crippen molar-refractivity contribution in [3.8, 4) is 0 Å². The van der Waals surface area contributed by atoms with E-state index in [9.17, 15) is 9.90 Å². The van der Waals surface area contributed by atoms with Crippen LogP contribution in [-0.2, 0) is 0 Å². The Morgan fingerprint density at radius 1 is 1.15 bits per heavy atom. The van der Waals surface area contributed by atoms with Crippen LogP contribution in [0.25, 0.3) is 10.9 Å². The van der Waals surface area contributed by atoms with Gasteiger partial charge in [0.05, 0.1) is 28.9 Å². The number of halogens is 2. The highest BCUT2D eigenvalue weighted by Gasteiger charge is 2.39. The minimum absolute atomic E-state index is 0. The van der Waals surface area contributed by atoms with E-state index in [0.717, 1.165) is 48.1 Å². The van der Waals surface area contributed by atoms with Crippen molar-refractivity contribution in [1.29, 1.82) is 0 Å². The molecule has 1 aliphatic carbocycles. The molecule has 0 spiro atoms. The van der Waals surface area contributed by atoms with E-state index in [1.54, 1.807) is 0 Å². The van der Waals surface area contributed by atoms with Gasteiger partial charge in [-0.05, 0) is 69.8 Å². The van der Waals surface area contributed by atoms with Crippen LogP contribution in [0, 0.1) is 25.7 Å². The molecular formula is C20H27Cl2N3O2. The summed E-state index contributed by atoms with van der Waals surface area (Å²) in [5, 5.41) is 17.9. The minimum atomic E-state index is -0.471. The van der Waals surface area contributed by atoms with E-state index in [-0.39, 0.29) is 36.8 Å². The summed E-state index contributed by atoms with van der Waals surface area (Å²) in [5.74, 6) is 0.948. The quantitative estimate of drug-likeness (QED) is 0.709. The number of nitrogens with zero attached hydrogens (tertiary/aromatic N) is 1. The van der Waals surface area contributed by atoms with Gasteiger partial charge >= 0.3 is 0 Å². The molecule has 2 fully saturated rings. The molecule has 1 aromatic carbocycles. The van der Waals surface area contributed by atoms with Crippen LogP contribution in [-0.4, -0.2) is 41.2 Å². The Balaban J connectivity index is 0.00000131. The zero-order valence-corrected chi connectivity index (χ0v) is 17.2. The maximum absolute atomic E-state index is 12.8. The molecule has 3 N–H and O–H groups in total. The van der Waals surface area contributed by atoms with Gasteiger partial charge in [0, 0.05) is 5.39 Å². The number of nitrogens with one attached hydrogen (secondary N) is 2. The van der Waals surface area contributed by atoms with Crippen molar-refractivity contribution in [1.82, 2.24) is 15.6 Å². The number of fused-ring (bicyclic) bond motifs is 2. The standard InChI is InChI=1S/C20H25N3O2.2ClH/c1-11-3-4-17-13(5-11)6-16(12(2)22-17)20(25)23-18-7-14-9-21-10-15(14)8-19(18)24;;/h3-6,14-15,18-19,21,24H,7-10H2,1-2H3,(H,23,25);2*1H/t14-,15+,18-,19-;;/m0../s1. The van der Waals surface area contributed by atoms with Gasteiger partial charge < -0.3 is 15.7 Å². The van der Waals surface area contributed by atoms with E-state index in [4.69, 9.17) is 0 Å². The van der Waals surface area contributed by atoms with Crippen LogP contribution in [0.5, 0.6) is 0 Å². The fourth-order valence-corrected chi connectivity index (χ4v) is 4.32. The molecule has 2 aliphatic rings. The first-order valence-corrected chi connectivity index (χ1v) is 9.09. The number of aliphatic hydroxyl groups is 1. The van der Waals surface area contributed by atoms with Crippen molar-refractivity contribution in [3.05, 3.63) is 41.1 Å². The number of aryl methyl sites for hydroxylation is 2. The lowest BCUT2D eigenvalue weighted by molar-refractivity contribution is 0.0461. The second-order valence-electron chi connectivity index (χ2n) is 7.61. The smallest absolute Gasteiger partial charge is 0.253 e. The zero-order valence-electron chi connectivity index (χ0n) is 15.6. The molecule has 2 aromatic rings. The average molecular weight is 412 g/mol. The molecule has 0 radical (unpaired) electrons. The summed E-state index contributed by atoms with van der Waals surface area (Å²) in [6.07, 6.45) is 1.13. The molecule has 1 aromatic heterocycles. The van der Waals surface area contributed by atoms with Gasteiger partial charge in [-0.3, -0.25) is 9.78 Å². The summed E-state index contributed by atoms with van der Waals surface area (Å²) in [7, 11) is 0. The summed E-state index contributed by atoms with van der Waals surface area (Å²) >= 11 is 0. The van der Waals surface area contributed by atoms with Crippen LogP contribution in [0.1, 0.15) is 34.5 Å². The third-order valence-electron chi connectivity index (χ3n) is 5.77. The lowest BCUT2D eigenvalue weighted by Gasteiger charge is -2.35. The van der Waals surface area contributed by atoms with Crippen molar-refractivity contribution < 1.29 is 9.90 Å². The lowest BCUT2D eigenvalue weighted by Crippen LogP contribution is -2.49. The summed E-state index contributed by atoms with van der Waals surface area (Å²) in [4.78, 5) is 17.4. The summed E-state index contributed by atoms with van der Waals surface area (Å²) < 4.78 is 0. The third-order valence-corrected chi connectivity index (χ3v) is 5.77. The molecule has 0 unspecified atom stereocenters. The number of hydrogen-bond acceptors (Lipinski definition) is 4. The van der Waals surface area contributed by atoms with Gasteiger partial charge in [0.25, 0.3) is 5.91 Å². The molecule has 1 saturated carbocycles. The summed E-state index contributed by atoms with van der Waals surface area (Å²) in [5.41, 5.74) is 3.36. The SMILES string of the molecule is Cc1ccc2nc(C)c(C(=O)N[C@H]3C[C@H]4CNC[C@H]4C[C@@H]3O)cc2c1.Cl.Cl. The predicted octanol–water partition coefficient (Wildman–Crippen LogP) is 2.78. The zero-order chi connectivity index (χ0) is 17.6. The Hall–Kier alpha value is -1.40. The number of carbonyl (C=O) groups is 1. The Morgan fingerprint density at radius 2 is 1.85 bits per heavy atom. The highest BCUT2D eigenvalue weighted by atomic mass is 35.5. The Morgan fingerprint density at radius 3 is 2.59 bits per heavy atom. The fraction of sp³-hybridized carbons (Fsp3) is 0.500. The number of carbonyl (C=O) groups excluding carboxylic acids is 1. The monoisotopic (exact) mass is 411 g/mol. The first kappa shape index (κ1) is 21.9. The van der Waals surface area contributed by atoms with Crippen molar-refractivity contribution in [3.63, 3.8) is 0 Å². The van der Waals surface area contributed by atoms with Gasteiger partial charge in [-0.2, -0.15) is 0 Å². The van der Waals surface area contributed by atoms with E-state index in [0.29, 0.717) is 17.4 Å². The summed E-state index contributed by atoms with van der Waals surface area (Å²) in [6, 6.07) is 7.79. The third kappa shape index (κ3) is 4.37. The van der Waals surface area contributed by atoms with Gasteiger partial charge in [-0.1, -0.05) is 11.6 Å². The number of benzene rings is 1. The summed E-state index contributed by atoms with van der Waals surface area (Å²) in [6.45, 7) is 5.86. The molecule has 1 aliphatic heterocycles. The Labute approximate surface area is 172 Å². The molecule has 1 saturated heterocycles. The molecule has 148 valence electrons. The molecule has 2 heterocycles. The molecule has 4 rings (SSSR count). The average Bonchev–Trinajstić information content (AvgIpc) is 3.02. The Bertz CT molecular complexity index is 830. The van der Waals surface area contributed by atoms with Gasteiger partial charge in [0.1, 0.15) is 0 Å². The topological polar surface area (TPSA) is 74.2 Å². The van der Waals surface area contributed by atoms with Gasteiger partial charge in [0.2, 0.25) is 0 Å². The van der Waals surface area contributed by atoms with Crippen LogP contribution >= 0.6 is 24.8 Å². The minimum Gasteiger partial charge on any atom is -0.391 e. The number of hydrogen-bond donors (Lipinski definition) is 3. The van der Waals surface area contributed by atoms with Crippen molar-refractivity contribution in [2.24, 2.45) is 11.8 Å². The second-order valence-corrected chi connectivity index (χ2v) is 7.61. The molecule has 7 heteroatoms. The highest BCUT2D eigenvalue weighted by Crippen LogP contribution is 2.33. The lowest BCUT2D eigenvalue weighted by atomic mass is 9.77. The molecule has 27 heavy (non-hydrogen) atoms. The maximum atomic E-state index is 12.8. The number of amides is 1. The van der Waals surface area contributed by atoms with E-state index < -0.39 is 6.10 Å². The van der Waals surface area contributed by atoms with E-state index in [1.807, 2.05) is 38.1 Å². The first-order valence-electron chi connectivity index (χ1n) is 9.09. The fourth-order valence-electron chi connectivity index (χ4n) is 4.32. The number of pyridine rings is 1. The number of rotatable bonds is 2. The Kier molecular flexibility index (Phi) is 7.09. The highest BCUT2D eigenvalue weighted by molar-refractivity contribution is 5.98. The van der Waals surface area contributed by atoms with Crippen molar-refractivity contribution >= 4 is 41.6 Å². The van der Waals surface area contributed by atoms with Gasteiger partial charge in [-0.15, -0.1) is 24.8 Å². The first-order chi connectivity index (χ1) is 12.0. The molecule has 5 nitrogen and oxygen atoms in total. The van der Waals surface area contributed by atoms with Crippen molar-refractivity contribution in [2.45, 2.75) is 38.8 Å². The van der Waals surface area contributed by atoms with E-state index in [2.05, 4.69) is 15.6 Å². The van der Waals surface area contributed by atoms with Gasteiger partial charge in [0.15, 0.2) is 0 Å². The maximum Gasteiger partial charge on any atom is 0.253 e. The molecule has 1 amide bonds. The predicted molar refractivity (Wildman–Crippen MR) is 112 cm³/mol. The normalized spacial score (nSPS) is 26.6. The van der Waals surface area contributed by atoms with Crippen LogP contribution in [0.4, 0.5) is 0 Å². The van der Waals surface area contributed by atoms with E-state index >= 15 is 0 Å². The van der Waals surface area contributed by atoms with Gasteiger partial charge in [-0.25, -0.2) is 0 Å². The molecule has 0 bridgehead atoms.